The van der Waals surface area contributed by atoms with Crippen molar-refractivity contribution in [3.05, 3.63) is 35.9 Å². The molecule has 2 aliphatic heterocycles. The van der Waals surface area contributed by atoms with Crippen LogP contribution in [0.4, 0.5) is 4.79 Å². The van der Waals surface area contributed by atoms with Gasteiger partial charge < -0.3 is 0 Å². The zero-order chi connectivity index (χ0) is 14.8. The topological polar surface area (TPSA) is 69.7 Å². The van der Waals surface area contributed by atoms with E-state index >= 15 is 0 Å². The van der Waals surface area contributed by atoms with Gasteiger partial charge in [0.1, 0.15) is 0 Å². The molecule has 2 fully saturated rings. The van der Waals surface area contributed by atoms with Crippen LogP contribution in [0.3, 0.4) is 0 Å². The fourth-order valence-corrected chi connectivity index (χ4v) is 2.97. The van der Waals surface area contributed by atoms with Gasteiger partial charge in [-0.2, -0.15) is 0 Å². The van der Waals surface area contributed by atoms with Gasteiger partial charge in [-0.3, -0.25) is 24.7 Å². The van der Waals surface area contributed by atoms with E-state index in [1.165, 1.54) is 5.56 Å². The molecule has 0 aromatic heterocycles. The number of carbonyl (C=O) groups excluding carboxylic acids is 3. The molecule has 1 unspecified atom stereocenters. The molecular formula is C15H17N3O3. The van der Waals surface area contributed by atoms with E-state index in [2.05, 4.69) is 22.3 Å². The van der Waals surface area contributed by atoms with Gasteiger partial charge in [0.25, 0.3) is 0 Å². The lowest BCUT2D eigenvalue weighted by Gasteiger charge is -2.35. The van der Waals surface area contributed by atoms with Crippen molar-refractivity contribution in [2.24, 2.45) is 0 Å². The predicted molar refractivity (Wildman–Crippen MR) is 75.1 cm³/mol. The maximum atomic E-state index is 11.8. The normalized spacial score (nSPS) is 23.5. The number of rotatable bonds is 3. The van der Waals surface area contributed by atoms with Crippen LogP contribution in [-0.4, -0.2) is 46.8 Å². The lowest BCUT2D eigenvalue weighted by atomic mass is 10.0. The molecule has 2 aliphatic rings. The number of amides is 4. The Hall–Kier alpha value is -2.21. The van der Waals surface area contributed by atoms with Crippen LogP contribution in [0, 0.1) is 0 Å². The molecule has 0 saturated carbocycles. The monoisotopic (exact) mass is 287 g/mol. The van der Waals surface area contributed by atoms with E-state index in [1.54, 1.807) is 0 Å². The molecule has 1 N–H and O–H groups in total. The molecular weight excluding hydrogens is 270 g/mol. The van der Waals surface area contributed by atoms with Crippen LogP contribution < -0.4 is 5.32 Å². The summed E-state index contributed by atoms with van der Waals surface area (Å²) in [6.45, 7) is 2.33. The van der Waals surface area contributed by atoms with Crippen molar-refractivity contribution < 1.29 is 14.4 Å². The highest BCUT2D eigenvalue weighted by molar-refractivity contribution is 6.44. The maximum absolute atomic E-state index is 11.8. The Bertz CT molecular complexity index is 573. The van der Waals surface area contributed by atoms with E-state index in [-0.39, 0.29) is 6.04 Å². The third kappa shape index (κ3) is 2.80. The molecule has 6 heteroatoms. The molecule has 0 aliphatic carbocycles. The van der Waals surface area contributed by atoms with Gasteiger partial charge in [-0.25, -0.2) is 4.79 Å². The first-order valence-corrected chi connectivity index (χ1v) is 7.10. The summed E-state index contributed by atoms with van der Waals surface area (Å²) >= 11 is 0. The first kappa shape index (κ1) is 13.8. The van der Waals surface area contributed by atoms with E-state index < -0.39 is 17.8 Å². The summed E-state index contributed by atoms with van der Waals surface area (Å²) in [5, 5.41) is 2.06. The highest BCUT2D eigenvalue weighted by Gasteiger charge is 2.42. The molecule has 21 heavy (non-hydrogen) atoms. The molecule has 2 heterocycles. The zero-order valence-corrected chi connectivity index (χ0v) is 11.6. The van der Waals surface area contributed by atoms with E-state index in [0.29, 0.717) is 6.54 Å². The quantitative estimate of drug-likeness (QED) is 0.657. The van der Waals surface area contributed by atoms with Crippen molar-refractivity contribution in [3.63, 3.8) is 0 Å². The summed E-state index contributed by atoms with van der Waals surface area (Å²) in [5.74, 6) is -1.55. The first-order valence-electron chi connectivity index (χ1n) is 7.10. The summed E-state index contributed by atoms with van der Waals surface area (Å²) in [6, 6.07) is 9.26. The van der Waals surface area contributed by atoms with Crippen LogP contribution >= 0.6 is 0 Å². The molecule has 4 amide bonds. The third-order valence-corrected chi connectivity index (χ3v) is 3.95. The Labute approximate surface area is 122 Å². The van der Waals surface area contributed by atoms with Crippen LogP contribution in [-0.2, 0) is 16.1 Å². The van der Waals surface area contributed by atoms with Gasteiger partial charge in [-0.15, -0.1) is 0 Å². The molecule has 1 aromatic rings. The average molecular weight is 287 g/mol. The zero-order valence-electron chi connectivity index (χ0n) is 11.6. The van der Waals surface area contributed by atoms with Crippen molar-refractivity contribution in [2.45, 2.75) is 25.4 Å². The fourth-order valence-electron chi connectivity index (χ4n) is 2.97. The number of nitrogens with one attached hydrogen (secondary N) is 1. The van der Waals surface area contributed by atoms with Gasteiger partial charge in [0, 0.05) is 13.1 Å². The number of urea groups is 1. The van der Waals surface area contributed by atoms with E-state index in [9.17, 15) is 14.4 Å². The van der Waals surface area contributed by atoms with Crippen LogP contribution in [0.15, 0.2) is 30.3 Å². The Balaban J connectivity index is 1.67. The van der Waals surface area contributed by atoms with Crippen molar-refractivity contribution in [2.75, 3.05) is 13.1 Å². The second-order valence-corrected chi connectivity index (χ2v) is 5.45. The summed E-state index contributed by atoms with van der Waals surface area (Å²) < 4.78 is 0. The molecule has 110 valence electrons. The number of piperidine rings is 1. The summed E-state index contributed by atoms with van der Waals surface area (Å²) in [4.78, 5) is 38.0. The van der Waals surface area contributed by atoms with E-state index in [1.807, 2.05) is 18.2 Å². The minimum atomic E-state index is -0.819. The Morgan fingerprint density at radius 1 is 1.14 bits per heavy atom. The Kier molecular flexibility index (Phi) is 3.70. The second-order valence-electron chi connectivity index (χ2n) is 5.45. The smallest absolute Gasteiger partial charge is 0.297 e. The largest absolute Gasteiger partial charge is 0.331 e. The molecule has 0 bridgehead atoms. The summed E-state index contributed by atoms with van der Waals surface area (Å²) in [7, 11) is 0. The van der Waals surface area contributed by atoms with E-state index in [0.717, 1.165) is 30.8 Å². The molecule has 1 aromatic carbocycles. The highest BCUT2D eigenvalue weighted by Crippen LogP contribution is 2.20. The molecule has 1 atom stereocenters. The van der Waals surface area contributed by atoms with Gasteiger partial charge in [0.15, 0.2) is 0 Å². The van der Waals surface area contributed by atoms with Gasteiger partial charge in [0.05, 0.1) is 6.04 Å². The van der Waals surface area contributed by atoms with Crippen molar-refractivity contribution in [1.29, 1.82) is 0 Å². The molecule has 3 rings (SSSR count). The van der Waals surface area contributed by atoms with Crippen molar-refractivity contribution in [3.8, 4) is 0 Å². The number of hydrogen-bond donors (Lipinski definition) is 1. The summed E-state index contributed by atoms with van der Waals surface area (Å²) in [5.41, 5.74) is 1.20. The number of benzene rings is 1. The number of carbonyl (C=O) groups is 3. The van der Waals surface area contributed by atoms with Gasteiger partial charge in [0.2, 0.25) is 0 Å². The van der Waals surface area contributed by atoms with Crippen molar-refractivity contribution in [1.82, 2.24) is 15.1 Å². The van der Waals surface area contributed by atoms with Gasteiger partial charge >= 0.3 is 17.8 Å². The Morgan fingerprint density at radius 3 is 2.57 bits per heavy atom. The SMILES string of the molecule is O=C1NC(=O)N(C2CCCN(Cc3ccccc3)C2)C1=O. The first-order chi connectivity index (χ1) is 10.1. The second kappa shape index (κ2) is 5.65. The van der Waals surface area contributed by atoms with E-state index in [4.69, 9.17) is 0 Å². The molecule has 2 saturated heterocycles. The predicted octanol–water partition coefficient (Wildman–Crippen LogP) is 0.729. The highest BCUT2D eigenvalue weighted by atomic mass is 16.2. The molecule has 0 radical (unpaired) electrons. The van der Waals surface area contributed by atoms with Gasteiger partial charge in [-0.1, -0.05) is 30.3 Å². The number of likely N-dealkylation sites (tertiary alicyclic amines) is 1. The Morgan fingerprint density at radius 2 is 1.90 bits per heavy atom. The minimum Gasteiger partial charge on any atom is -0.297 e. The fraction of sp³-hybridized carbons (Fsp3) is 0.400. The maximum Gasteiger partial charge on any atom is 0.331 e. The lowest BCUT2D eigenvalue weighted by molar-refractivity contribution is -0.141. The lowest BCUT2D eigenvalue weighted by Crippen LogP contribution is -2.50. The van der Waals surface area contributed by atoms with Crippen LogP contribution in [0.2, 0.25) is 0 Å². The molecule has 0 spiro atoms. The summed E-state index contributed by atoms with van der Waals surface area (Å²) in [6.07, 6.45) is 1.65. The van der Waals surface area contributed by atoms with Crippen LogP contribution in [0.5, 0.6) is 0 Å². The average Bonchev–Trinajstić information content (AvgIpc) is 2.73. The van der Waals surface area contributed by atoms with Crippen LogP contribution in [0.25, 0.3) is 0 Å². The van der Waals surface area contributed by atoms with Crippen LogP contribution in [0.1, 0.15) is 18.4 Å². The number of hydrogen-bond acceptors (Lipinski definition) is 4. The third-order valence-electron chi connectivity index (χ3n) is 3.95. The molecule has 6 nitrogen and oxygen atoms in total. The standard InChI is InChI=1S/C15H17N3O3/c19-13-14(20)18(15(21)16-13)12-7-4-8-17(10-12)9-11-5-2-1-3-6-11/h1-3,5-6,12H,4,7-10H2,(H,16,19,21). The number of nitrogens with zero attached hydrogens (tertiary/aromatic N) is 2. The number of imide groups is 2. The van der Waals surface area contributed by atoms with Crippen molar-refractivity contribution >= 4 is 17.8 Å². The minimum absolute atomic E-state index is 0.221. The van der Waals surface area contributed by atoms with Gasteiger partial charge in [-0.05, 0) is 24.9 Å².